The molecular weight excluding hydrogens is 255 g/mol. The van der Waals surface area contributed by atoms with Crippen LogP contribution in [0.2, 0.25) is 0 Å². The van der Waals surface area contributed by atoms with Crippen molar-refractivity contribution >= 4 is 5.97 Å². The average Bonchev–Trinajstić information content (AvgIpc) is 2.40. The molecular formula is C17H17FO2. The van der Waals surface area contributed by atoms with Gasteiger partial charge in [-0.05, 0) is 48.2 Å². The second-order valence-electron chi connectivity index (χ2n) is 5.05. The number of hydrogen-bond donors (Lipinski definition) is 1. The van der Waals surface area contributed by atoms with Gasteiger partial charge in [-0.2, -0.15) is 0 Å². The van der Waals surface area contributed by atoms with Gasteiger partial charge in [0.15, 0.2) is 0 Å². The van der Waals surface area contributed by atoms with Gasteiger partial charge >= 0.3 is 5.97 Å². The third-order valence-corrected chi connectivity index (χ3v) is 3.58. The minimum atomic E-state index is -0.863. The van der Waals surface area contributed by atoms with Crippen LogP contribution in [0, 0.1) is 19.7 Å². The molecule has 0 spiro atoms. The van der Waals surface area contributed by atoms with E-state index in [0.29, 0.717) is 0 Å². The molecule has 1 atom stereocenters. The van der Waals surface area contributed by atoms with Crippen molar-refractivity contribution in [3.63, 3.8) is 0 Å². The highest BCUT2D eigenvalue weighted by Gasteiger charge is 2.18. The molecule has 2 nitrogen and oxygen atoms in total. The number of hydrogen-bond acceptors (Lipinski definition) is 1. The van der Waals surface area contributed by atoms with Crippen LogP contribution in [0.1, 0.15) is 34.6 Å². The van der Waals surface area contributed by atoms with Gasteiger partial charge in [-0.25, -0.2) is 4.39 Å². The molecule has 0 bridgehead atoms. The van der Waals surface area contributed by atoms with Crippen molar-refractivity contribution in [2.45, 2.75) is 26.2 Å². The summed E-state index contributed by atoms with van der Waals surface area (Å²) in [6, 6.07) is 12.0. The van der Waals surface area contributed by atoms with Crippen molar-refractivity contribution < 1.29 is 14.3 Å². The van der Waals surface area contributed by atoms with Crippen LogP contribution in [0.15, 0.2) is 42.5 Å². The SMILES string of the molecule is Cc1ccc(C(CC(=O)O)c2ccc(F)cc2)cc1C. The summed E-state index contributed by atoms with van der Waals surface area (Å²) in [5, 5.41) is 9.11. The van der Waals surface area contributed by atoms with Gasteiger partial charge < -0.3 is 5.11 Å². The Morgan fingerprint density at radius 1 is 1.05 bits per heavy atom. The molecule has 3 heteroatoms. The van der Waals surface area contributed by atoms with Crippen molar-refractivity contribution in [2.24, 2.45) is 0 Å². The van der Waals surface area contributed by atoms with Crippen LogP contribution in [-0.2, 0) is 4.79 Å². The molecule has 2 rings (SSSR count). The van der Waals surface area contributed by atoms with E-state index in [1.165, 1.54) is 17.7 Å². The lowest BCUT2D eigenvalue weighted by Gasteiger charge is -2.17. The fourth-order valence-corrected chi connectivity index (χ4v) is 2.28. The van der Waals surface area contributed by atoms with Crippen LogP contribution in [-0.4, -0.2) is 11.1 Å². The van der Waals surface area contributed by atoms with Gasteiger partial charge in [0, 0.05) is 5.92 Å². The summed E-state index contributed by atoms with van der Waals surface area (Å²) >= 11 is 0. The Hall–Kier alpha value is -2.16. The second-order valence-corrected chi connectivity index (χ2v) is 5.05. The van der Waals surface area contributed by atoms with E-state index in [2.05, 4.69) is 0 Å². The van der Waals surface area contributed by atoms with E-state index in [0.717, 1.165) is 16.7 Å². The van der Waals surface area contributed by atoms with Crippen molar-refractivity contribution in [1.29, 1.82) is 0 Å². The van der Waals surface area contributed by atoms with Crippen LogP contribution >= 0.6 is 0 Å². The van der Waals surface area contributed by atoms with Crippen LogP contribution in [0.3, 0.4) is 0 Å². The Morgan fingerprint density at radius 3 is 2.20 bits per heavy atom. The predicted octanol–water partition coefficient (Wildman–Crippen LogP) is 4.05. The van der Waals surface area contributed by atoms with Crippen molar-refractivity contribution in [3.8, 4) is 0 Å². The van der Waals surface area contributed by atoms with Gasteiger partial charge in [-0.1, -0.05) is 30.3 Å². The van der Waals surface area contributed by atoms with E-state index < -0.39 is 5.97 Å². The maximum absolute atomic E-state index is 13.0. The normalized spacial score (nSPS) is 12.2. The highest BCUT2D eigenvalue weighted by Crippen LogP contribution is 2.29. The number of carboxylic acid groups (broad SMARTS) is 1. The molecule has 0 amide bonds. The number of halogens is 1. The molecule has 0 radical (unpaired) electrons. The Balaban J connectivity index is 2.43. The number of carbonyl (C=O) groups is 1. The zero-order valence-electron chi connectivity index (χ0n) is 11.6. The molecule has 1 N–H and O–H groups in total. The third kappa shape index (κ3) is 3.23. The topological polar surface area (TPSA) is 37.3 Å². The molecule has 104 valence electrons. The summed E-state index contributed by atoms with van der Waals surface area (Å²) in [6.07, 6.45) is -0.00582. The molecule has 0 saturated heterocycles. The first-order valence-corrected chi connectivity index (χ1v) is 6.52. The van der Waals surface area contributed by atoms with Crippen molar-refractivity contribution in [2.75, 3.05) is 0 Å². The van der Waals surface area contributed by atoms with Gasteiger partial charge in [0.05, 0.1) is 6.42 Å². The van der Waals surface area contributed by atoms with E-state index in [1.807, 2.05) is 32.0 Å². The lowest BCUT2D eigenvalue weighted by molar-refractivity contribution is -0.137. The first-order valence-electron chi connectivity index (χ1n) is 6.52. The van der Waals surface area contributed by atoms with Crippen molar-refractivity contribution in [1.82, 2.24) is 0 Å². The molecule has 0 heterocycles. The molecule has 0 aliphatic heterocycles. The molecule has 1 unspecified atom stereocenters. The van der Waals surface area contributed by atoms with E-state index in [4.69, 9.17) is 5.11 Å². The Morgan fingerprint density at radius 2 is 1.65 bits per heavy atom. The van der Waals surface area contributed by atoms with Gasteiger partial charge in [-0.15, -0.1) is 0 Å². The third-order valence-electron chi connectivity index (χ3n) is 3.58. The lowest BCUT2D eigenvalue weighted by Crippen LogP contribution is -2.08. The molecule has 0 aromatic heterocycles. The second kappa shape index (κ2) is 5.87. The minimum absolute atomic E-state index is 0.00582. The fourth-order valence-electron chi connectivity index (χ4n) is 2.28. The van der Waals surface area contributed by atoms with E-state index in [1.54, 1.807) is 12.1 Å². The van der Waals surface area contributed by atoms with Gasteiger partial charge in [0.2, 0.25) is 0 Å². The first-order chi connectivity index (χ1) is 9.47. The Bertz CT molecular complexity index is 617. The number of benzene rings is 2. The zero-order chi connectivity index (χ0) is 14.7. The Labute approximate surface area is 117 Å². The summed E-state index contributed by atoms with van der Waals surface area (Å²) < 4.78 is 13.0. The summed E-state index contributed by atoms with van der Waals surface area (Å²) in [5.74, 6) is -1.44. The van der Waals surface area contributed by atoms with E-state index >= 15 is 0 Å². The van der Waals surface area contributed by atoms with Gasteiger partial charge in [0.25, 0.3) is 0 Å². The standard InChI is InChI=1S/C17H17FO2/c1-11-3-4-14(9-12(11)2)16(10-17(19)20)13-5-7-15(18)8-6-13/h3-9,16H,10H2,1-2H3,(H,19,20). The molecule has 20 heavy (non-hydrogen) atoms. The van der Waals surface area contributed by atoms with Crippen LogP contribution in [0.25, 0.3) is 0 Å². The highest BCUT2D eigenvalue weighted by molar-refractivity contribution is 5.69. The molecule has 0 fully saturated rings. The largest absolute Gasteiger partial charge is 0.481 e. The fraction of sp³-hybridized carbons (Fsp3) is 0.235. The molecule has 2 aromatic rings. The lowest BCUT2D eigenvalue weighted by atomic mass is 9.87. The molecule has 2 aromatic carbocycles. The summed E-state index contributed by atoms with van der Waals surface area (Å²) in [7, 11) is 0. The maximum Gasteiger partial charge on any atom is 0.304 e. The quantitative estimate of drug-likeness (QED) is 0.911. The maximum atomic E-state index is 13.0. The van der Waals surface area contributed by atoms with E-state index in [9.17, 15) is 9.18 Å². The van der Waals surface area contributed by atoms with Crippen LogP contribution in [0.5, 0.6) is 0 Å². The first kappa shape index (κ1) is 14.3. The Kier molecular flexibility index (Phi) is 4.18. The predicted molar refractivity (Wildman–Crippen MR) is 76.4 cm³/mol. The van der Waals surface area contributed by atoms with E-state index in [-0.39, 0.29) is 18.2 Å². The smallest absolute Gasteiger partial charge is 0.304 e. The summed E-state index contributed by atoms with van der Waals surface area (Å²) in [5.41, 5.74) is 4.06. The molecule has 0 saturated carbocycles. The van der Waals surface area contributed by atoms with Gasteiger partial charge in [0.1, 0.15) is 5.82 Å². The number of aryl methyl sites for hydroxylation is 2. The highest BCUT2D eigenvalue weighted by atomic mass is 19.1. The van der Waals surface area contributed by atoms with Crippen LogP contribution in [0.4, 0.5) is 4.39 Å². The molecule has 0 aliphatic carbocycles. The minimum Gasteiger partial charge on any atom is -0.481 e. The monoisotopic (exact) mass is 272 g/mol. The average molecular weight is 272 g/mol. The zero-order valence-corrected chi connectivity index (χ0v) is 11.6. The number of aliphatic carboxylic acids is 1. The van der Waals surface area contributed by atoms with Crippen molar-refractivity contribution in [3.05, 3.63) is 70.5 Å². The number of rotatable bonds is 4. The summed E-state index contributed by atoms with van der Waals surface area (Å²) in [4.78, 5) is 11.1. The number of carboxylic acids is 1. The van der Waals surface area contributed by atoms with Gasteiger partial charge in [-0.3, -0.25) is 4.79 Å². The molecule has 0 aliphatic rings. The van der Waals surface area contributed by atoms with Crippen LogP contribution < -0.4 is 0 Å². The summed E-state index contributed by atoms with van der Waals surface area (Å²) in [6.45, 7) is 4.02.